The molecule has 0 fully saturated rings. The van der Waals surface area contributed by atoms with Crippen molar-refractivity contribution in [2.45, 2.75) is 23.9 Å². The van der Waals surface area contributed by atoms with E-state index in [0.717, 1.165) is 16.5 Å². The smallest absolute Gasteiger partial charge is 0.344 e. The first-order valence-corrected chi connectivity index (χ1v) is 18.7. The highest BCUT2D eigenvalue weighted by Crippen LogP contribution is 2.25. The third kappa shape index (κ3) is 10.8. The van der Waals surface area contributed by atoms with E-state index in [1.165, 1.54) is 54.5 Å². The Balaban J connectivity index is 0.000000300. The van der Waals surface area contributed by atoms with Crippen LogP contribution in [0.2, 0.25) is 10.3 Å². The number of aryl methyl sites for hydroxylation is 3. The number of anilines is 2. The Kier molecular flexibility index (Phi) is 14.7. The lowest BCUT2D eigenvalue weighted by Crippen LogP contribution is -2.36. The van der Waals surface area contributed by atoms with Gasteiger partial charge in [-0.2, -0.15) is 42.0 Å². The van der Waals surface area contributed by atoms with E-state index in [9.17, 15) is 36.0 Å². The van der Waals surface area contributed by atoms with Crippen LogP contribution in [0, 0.1) is 6.92 Å². The molecule has 0 aromatic carbocycles. The zero-order chi connectivity index (χ0) is 42.1. The average molecular weight is 868 g/mol. The minimum Gasteiger partial charge on any atom is -0.481 e. The van der Waals surface area contributed by atoms with Crippen molar-refractivity contribution in [1.82, 2.24) is 48.9 Å². The molecular formula is C27H32Cl2N12O13S2. The fraction of sp³-hybridized carbons (Fsp3) is 0.333. The van der Waals surface area contributed by atoms with Crippen molar-refractivity contribution in [3.05, 3.63) is 39.3 Å². The first kappa shape index (κ1) is 44.3. The van der Waals surface area contributed by atoms with Crippen molar-refractivity contribution in [3.63, 3.8) is 0 Å². The third-order valence-corrected chi connectivity index (χ3v) is 9.72. The third-order valence-electron chi connectivity index (χ3n) is 6.32. The molecule has 56 heavy (non-hydrogen) atoms. The van der Waals surface area contributed by atoms with Crippen LogP contribution in [0.15, 0.2) is 22.2 Å². The van der Waals surface area contributed by atoms with Gasteiger partial charge in [-0.3, -0.25) is 20.0 Å². The number of hydrogen-bond acceptors (Lipinski definition) is 19. The molecule has 0 radical (unpaired) electrons. The number of halogens is 2. The number of methoxy groups -OCH3 is 4. The highest BCUT2D eigenvalue weighted by Gasteiger charge is 2.34. The van der Waals surface area contributed by atoms with Crippen LogP contribution in [0.5, 0.6) is 17.6 Å². The molecule has 4 heterocycles. The van der Waals surface area contributed by atoms with Crippen LogP contribution in [-0.4, -0.2) is 115 Å². The van der Waals surface area contributed by atoms with Gasteiger partial charge in [0.1, 0.15) is 11.1 Å². The van der Waals surface area contributed by atoms with Crippen molar-refractivity contribution in [1.29, 1.82) is 0 Å². The molecule has 0 atom stereocenters. The van der Waals surface area contributed by atoms with Gasteiger partial charge in [-0.05, 0) is 13.8 Å². The van der Waals surface area contributed by atoms with Crippen LogP contribution >= 0.6 is 23.2 Å². The molecule has 4 aromatic rings. The van der Waals surface area contributed by atoms with E-state index < -0.39 is 70.4 Å². The molecule has 304 valence electrons. The number of nitrogens with zero attached hydrogens (tertiary/aromatic N) is 8. The number of carbonyl (C=O) groups is 4. The fourth-order valence-electron chi connectivity index (χ4n) is 4.18. The zero-order valence-corrected chi connectivity index (χ0v) is 33.5. The van der Waals surface area contributed by atoms with Gasteiger partial charge in [0.15, 0.2) is 20.4 Å². The Morgan fingerprint density at radius 3 is 1.46 bits per heavy atom. The van der Waals surface area contributed by atoms with E-state index in [4.69, 9.17) is 42.1 Å². The van der Waals surface area contributed by atoms with E-state index in [1.807, 2.05) is 0 Å². The second kappa shape index (κ2) is 18.5. The molecule has 0 aliphatic carbocycles. The summed E-state index contributed by atoms with van der Waals surface area (Å²) >= 11 is 11.6. The van der Waals surface area contributed by atoms with Crippen LogP contribution < -0.4 is 34.3 Å². The van der Waals surface area contributed by atoms with E-state index in [-0.39, 0.29) is 41.3 Å². The van der Waals surface area contributed by atoms with Crippen LogP contribution in [0.4, 0.5) is 21.5 Å². The van der Waals surface area contributed by atoms with Gasteiger partial charge in [-0.15, -0.1) is 0 Å². The Morgan fingerprint density at radius 2 is 1.07 bits per heavy atom. The molecule has 0 unspecified atom stereocenters. The standard InChI is InChI=1S/C14H17ClN6O6S.C13H15ClN6O7S/c1-5-27-12(22)9-10(15)19-21(3)11(9)28(24,25)20-14(23)18-13-16-7(2)6-8(17-13)26-4;1-20-10(8(9(14)18-20)11(21)27-4)28(23,24)19-13(22)17-12-15-6(25-2)5-7(16-12)26-3/h6H,5H2,1-4H3,(H2,16,17,18,20,23);5H,1-4H3,(H2,15,16,17,19,22). The number of esters is 2. The van der Waals surface area contributed by atoms with Gasteiger partial charge in [0.2, 0.25) is 29.5 Å². The molecule has 29 heteroatoms. The molecule has 4 aromatic heterocycles. The molecule has 25 nitrogen and oxygen atoms in total. The predicted octanol–water partition coefficient (Wildman–Crippen LogP) is 1.05. The fourth-order valence-corrected chi connectivity index (χ4v) is 7.31. The van der Waals surface area contributed by atoms with Gasteiger partial charge < -0.3 is 23.7 Å². The number of nitrogens with one attached hydrogen (secondary N) is 4. The lowest BCUT2D eigenvalue weighted by Gasteiger charge is -2.10. The Labute approximate surface area is 327 Å². The quantitative estimate of drug-likeness (QED) is 0.145. The van der Waals surface area contributed by atoms with Gasteiger partial charge in [-0.1, -0.05) is 23.2 Å². The Bertz CT molecular complexity index is 2350. The number of rotatable bonds is 12. The van der Waals surface area contributed by atoms with Gasteiger partial charge in [0, 0.05) is 25.9 Å². The molecule has 0 aliphatic heterocycles. The van der Waals surface area contributed by atoms with E-state index in [1.54, 1.807) is 16.4 Å². The molecule has 0 spiro atoms. The molecule has 4 amide bonds. The first-order valence-electron chi connectivity index (χ1n) is 15.0. The van der Waals surface area contributed by atoms with Crippen molar-refractivity contribution in [2.75, 3.05) is 45.7 Å². The summed E-state index contributed by atoms with van der Waals surface area (Å²) in [6.45, 7) is 3.16. The number of hydrogen-bond donors (Lipinski definition) is 4. The minimum absolute atomic E-state index is 0.00993. The zero-order valence-electron chi connectivity index (χ0n) is 30.3. The second-order valence-corrected chi connectivity index (χ2v) is 14.1. The maximum Gasteiger partial charge on any atom is 0.344 e. The summed E-state index contributed by atoms with van der Waals surface area (Å²) in [7, 11) is -1.57. The number of amides is 4. The molecule has 4 N–H and O–H groups in total. The van der Waals surface area contributed by atoms with Crippen molar-refractivity contribution >= 4 is 79.1 Å². The monoisotopic (exact) mass is 866 g/mol. The lowest BCUT2D eigenvalue weighted by molar-refractivity contribution is 0.0520. The number of aromatic nitrogens is 8. The van der Waals surface area contributed by atoms with Crippen molar-refractivity contribution < 1.29 is 59.7 Å². The van der Waals surface area contributed by atoms with E-state index in [0.29, 0.717) is 5.69 Å². The largest absolute Gasteiger partial charge is 0.481 e. The first-order chi connectivity index (χ1) is 26.2. The maximum absolute atomic E-state index is 12.6. The Morgan fingerprint density at radius 1 is 0.679 bits per heavy atom. The number of urea groups is 2. The maximum atomic E-state index is 12.6. The van der Waals surface area contributed by atoms with Gasteiger partial charge >= 0.3 is 24.0 Å². The van der Waals surface area contributed by atoms with Gasteiger partial charge in [0.25, 0.3) is 20.0 Å². The van der Waals surface area contributed by atoms with Crippen LogP contribution in [0.25, 0.3) is 0 Å². The summed E-state index contributed by atoms with van der Waals surface area (Å²) in [5.41, 5.74) is -0.529. The second-order valence-electron chi connectivity index (χ2n) is 10.2. The topological polar surface area (TPSA) is 318 Å². The van der Waals surface area contributed by atoms with Crippen molar-refractivity contribution in [3.8, 4) is 17.6 Å². The van der Waals surface area contributed by atoms with E-state index >= 15 is 0 Å². The summed E-state index contributed by atoms with van der Waals surface area (Å²) in [5, 5.41) is 9.56. The molecule has 0 saturated carbocycles. The molecule has 0 saturated heterocycles. The predicted molar refractivity (Wildman–Crippen MR) is 191 cm³/mol. The normalized spacial score (nSPS) is 11.0. The highest BCUT2D eigenvalue weighted by atomic mass is 35.5. The van der Waals surface area contributed by atoms with Crippen LogP contribution in [-0.2, 0) is 43.6 Å². The van der Waals surface area contributed by atoms with Crippen molar-refractivity contribution in [2.24, 2.45) is 14.1 Å². The van der Waals surface area contributed by atoms with Crippen LogP contribution in [0.1, 0.15) is 33.3 Å². The summed E-state index contributed by atoms with van der Waals surface area (Å²) in [5.74, 6) is -2.20. The Hall–Kier alpha value is -6.06. The van der Waals surface area contributed by atoms with Crippen LogP contribution in [0.3, 0.4) is 0 Å². The van der Waals surface area contributed by atoms with E-state index in [2.05, 4.69) is 45.5 Å². The summed E-state index contributed by atoms with van der Waals surface area (Å²) in [6.07, 6.45) is 0. The summed E-state index contributed by atoms with van der Waals surface area (Å²) in [6, 6.07) is 0.478. The SMILES string of the molecule is CCOC(=O)c1c(Cl)nn(C)c1S(=O)(=O)NC(=O)Nc1nc(C)cc(OC)n1.COC(=O)c1c(Cl)nn(C)c1S(=O)(=O)NC(=O)Nc1nc(OC)cc(OC)n1. The molecular weight excluding hydrogens is 835 g/mol. The number of sulfonamides is 2. The van der Waals surface area contributed by atoms with Gasteiger partial charge in [0.05, 0.1) is 41.1 Å². The average Bonchev–Trinajstić information content (AvgIpc) is 3.60. The molecule has 0 aliphatic rings. The summed E-state index contributed by atoms with van der Waals surface area (Å²) in [4.78, 5) is 63.6. The highest BCUT2D eigenvalue weighted by molar-refractivity contribution is 7.90. The minimum atomic E-state index is -4.57. The summed E-state index contributed by atoms with van der Waals surface area (Å²) < 4.78 is 79.6. The number of ether oxygens (including phenoxy) is 5. The number of carbonyl (C=O) groups excluding carboxylic acids is 4. The molecule has 4 rings (SSSR count). The van der Waals surface area contributed by atoms with Gasteiger partial charge in [-0.25, -0.2) is 33.6 Å². The lowest BCUT2D eigenvalue weighted by atomic mass is 10.4. The molecule has 0 bridgehead atoms.